The summed E-state index contributed by atoms with van der Waals surface area (Å²) in [5.74, 6) is 0.892. The van der Waals surface area contributed by atoms with Gasteiger partial charge in [-0.2, -0.15) is 0 Å². The van der Waals surface area contributed by atoms with Gasteiger partial charge in [-0.25, -0.2) is 9.97 Å². The number of anilines is 2. The number of thioether (sulfide) groups is 1. The van der Waals surface area contributed by atoms with E-state index in [9.17, 15) is 4.79 Å². The monoisotopic (exact) mass is 404 g/mol. The number of hydrogen-bond donors (Lipinski definition) is 1. The van der Waals surface area contributed by atoms with E-state index in [0.717, 1.165) is 47.0 Å². The van der Waals surface area contributed by atoms with Gasteiger partial charge in [0.2, 0.25) is 5.91 Å². The highest BCUT2D eigenvalue weighted by atomic mass is 32.2. The summed E-state index contributed by atoms with van der Waals surface area (Å²) >= 11 is 1.67. The van der Waals surface area contributed by atoms with Gasteiger partial charge in [0.1, 0.15) is 12.1 Å². The number of benzene rings is 2. The Bertz CT molecular complexity index is 979. The summed E-state index contributed by atoms with van der Waals surface area (Å²) in [5, 5.41) is 3.08. The van der Waals surface area contributed by atoms with Gasteiger partial charge < -0.3 is 10.2 Å². The number of nitrogens with one attached hydrogen (secondary N) is 1. The fraction of sp³-hybridized carbons (Fsp3) is 0.261. The molecule has 29 heavy (non-hydrogen) atoms. The normalized spacial score (nSPS) is 16.4. The number of piperidine rings is 1. The molecule has 1 N–H and O–H groups in total. The average molecular weight is 405 g/mol. The predicted octanol–water partition coefficient (Wildman–Crippen LogP) is 4.72. The molecule has 3 aromatic rings. The first-order valence-electron chi connectivity index (χ1n) is 9.80. The Morgan fingerprint density at radius 1 is 1.10 bits per heavy atom. The van der Waals surface area contributed by atoms with E-state index in [2.05, 4.69) is 20.2 Å². The molecule has 148 valence electrons. The summed E-state index contributed by atoms with van der Waals surface area (Å²) in [6.07, 6.45) is 5.50. The number of hydrogen-bond acceptors (Lipinski definition) is 5. The highest BCUT2D eigenvalue weighted by Crippen LogP contribution is 2.26. The fourth-order valence-electron chi connectivity index (χ4n) is 3.63. The molecule has 0 spiro atoms. The van der Waals surface area contributed by atoms with Crippen LogP contribution >= 0.6 is 11.8 Å². The lowest BCUT2D eigenvalue weighted by Gasteiger charge is -2.33. The molecule has 0 aliphatic carbocycles. The quantitative estimate of drug-likeness (QED) is 0.624. The summed E-state index contributed by atoms with van der Waals surface area (Å²) in [6.45, 7) is 1.57. The van der Waals surface area contributed by atoms with Crippen LogP contribution in [0.5, 0.6) is 0 Å². The van der Waals surface area contributed by atoms with Gasteiger partial charge in [-0.05, 0) is 37.3 Å². The Hall–Kier alpha value is -2.86. The first kappa shape index (κ1) is 19.5. The minimum absolute atomic E-state index is 0.0585. The van der Waals surface area contributed by atoms with Crippen LogP contribution in [-0.4, -0.2) is 35.2 Å². The van der Waals surface area contributed by atoms with Crippen molar-refractivity contribution in [3.8, 4) is 11.3 Å². The predicted molar refractivity (Wildman–Crippen MR) is 119 cm³/mol. The molecule has 0 saturated carbocycles. The van der Waals surface area contributed by atoms with E-state index in [1.807, 2.05) is 66.9 Å². The second-order valence-electron chi connectivity index (χ2n) is 7.13. The van der Waals surface area contributed by atoms with Gasteiger partial charge >= 0.3 is 0 Å². The highest BCUT2D eigenvalue weighted by molar-refractivity contribution is 7.98. The van der Waals surface area contributed by atoms with Crippen LogP contribution in [-0.2, 0) is 4.79 Å². The third kappa shape index (κ3) is 4.77. The van der Waals surface area contributed by atoms with Crippen molar-refractivity contribution in [3.63, 3.8) is 0 Å². The molecule has 1 atom stereocenters. The highest BCUT2D eigenvalue weighted by Gasteiger charge is 2.27. The third-order valence-corrected chi connectivity index (χ3v) is 5.90. The zero-order valence-electron chi connectivity index (χ0n) is 16.4. The lowest BCUT2D eigenvalue weighted by Crippen LogP contribution is -2.41. The molecular formula is C23H24N4OS. The Labute approximate surface area is 175 Å². The molecule has 1 amide bonds. The summed E-state index contributed by atoms with van der Waals surface area (Å²) in [6, 6.07) is 20.1. The maximum Gasteiger partial charge on any atom is 0.229 e. The van der Waals surface area contributed by atoms with Gasteiger partial charge in [-0.1, -0.05) is 36.4 Å². The molecule has 2 heterocycles. The largest absolute Gasteiger partial charge is 0.356 e. The Kier molecular flexibility index (Phi) is 6.10. The Balaban J connectivity index is 1.46. The average Bonchev–Trinajstić information content (AvgIpc) is 2.80. The lowest BCUT2D eigenvalue weighted by atomic mass is 9.97. The van der Waals surface area contributed by atoms with E-state index in [1.54, 1.807) is 18.1 Å². The van der Waals surface area contributed by atoms with Crippen LogP contribution in [0.25, 0.3) is 11.3 Å². The molecule has 1 unspecified atom stereocenters. The standard InChI is InChI=1S/C23H24N4OS/c1-29-20-11-5-10-19(13-20)26-23(28)18-9-6-12-27(15-18)22-14-21(24-16-25-22)17-7-3-2-4-8-17/h2-5,7-8,10-11,13-14,16,18H,6,9,12,15H2,1H3,(H,26,28). The number of carbonyl (C=O) groups is 1. The molecule has 0 radical (unpaired) electrons. The number of aromatic nitrogens is 2. The Morgan fingerprint density at radius 2 is 1.97 bits per heavy atom. The second-order valence-corrected chi connectivity index (χ2v) is 8.01. The molecular weight excluding hydrogens is 380 g/mol. The number of rotatable bonds is 5. The van der Waals surface area contributed by atoms with Gasteiger partial charge in [-0.3, -0.25) is 4.79 Å². The van der Waals surface area contributed by atoms with Gasteiger partial charge in [0.15, 0.2) is 0 Å². The van der Waals surface area contributed by atoms with E-state index < -0.39 is 0 Å². The maximum absolute atomic E-state index is 12.9. The summed E-state index contributed by atoms with van der Waals surface area (Å²) < 4.78 is 0. The van der Waals surface area contributed by atoms with Crippen LogP contribution < -0.4 is 10.2 Å². The van der Waals surface area contributed by atoms with Crippen LogP contribution in [0.1, 0.15) is 12.8 Å². The van der Waals surface area contributed by atoms with Gasteiger partial charge in [0.05, 0.1) is 11.6 Å². The zero-order valence-corrected chi connectivity index (χ0v) is 17.2. The number of amides is 1. The minimum Gasteiger partial charge on any atom is -0.356 e. The summed E-state index contributed by atoms with van der Waals surface area (Å²) in [4.78, 5) is 25.1. The van der Waals surface area contributed by atoms with Crippen molar-refractivity contribution in [2.75, 3.05) is 29.6 Å². The molecule has 5 nitrogen and oxygen atoms in total. The number of nitrogens with zero attached hydrogens (tertiary/aromatic N) is 3. The van der Waals surface area contributed by atoms with Crippen LogP contribution in [0.15, 0.2) is 71.9 Å². The van der Waals surface area contributed by atoms with Crippen molar-refractivity contribution in [1.82, 2.24) is 9.97 Å². The molecule has 1 fully saturated rings. The first-order valence-corrected chi connectivity index (χ1v) is 11.0. The summed E-state index contributed by atoms with van der Waals surface area (Å²) in [5.41, 5.74) is 2.82. The molecule has 1 aliphatic rings. The van der Waals surface area contributed by atoms with Gasteiger partial charge in [0, 0.05) is 35.3 Å². The SMILES string of the molecule is CSc1cccc(NC(=O)C2CCCN(c3cc(-c4ccccc4)ncn3)C2)c1. The van der Waals surface area contributed by atoms with E-state index in [4.69, 9.17) is 0 Å². The first-order chi connectivity index (χ1) is 14.2. The van der Waals surface area contributed by atoms with Crippen LogP contribution in [0.3, 0.4) is 0 Å². The topological polar surface area (TPSA) is 58.1 Å². The van der Waals surface area contributed by atoms with Gasteiger partial charge in [0.25, 0.3) is 0 Å². The molecule has 1 aliphatic heterocycles. The van der Waals surface area contributed by atoms with E-state index in [-0.39, 0.29) is 11.8 Å². The van der Waals surface area contributed by atoms with Crippen molar-refractivity contribution in [2.45, 2.75) is 17.7 Å². The van der Waals surface area contributed by atoms with E-state index in [1.165, 1.54) is 0 Å². The van der Waals surface area contributed by atoms with Gasteiger partial charge in [-0.15, -0.1) is 11.8 Å². The zero-order chi connectivity index (χ0) is 20.1. The van der Waals surface area contributed by atoms with Crippen molar-refractivity contribution in [3.05, 3.63) is 67.0 Å². The molecule has 6 heteroatoms. The van der Waals surface area contributed by atoms with Crippen LogP contribution in [0, 0.1) is 5.92 Å². The molecule has 4 rings (SSSR count). The maximum atomic E-state index is 12.9. The summed E-state index contributed by atoms with van der Waals surface area (Å²) in [7, 11) is 0. The third-order valence-electron chi connectivity index (χ3n) is 5.18. The smallest absolute Gasteiger partial charge is 0.229 e. The van der Waals surface area contributed by atoms with Crippen LogP contribution in [0.2, 0.25) is 0 Å². The Morgan fingerprint density at radius 3 is 2.79 bits per heavy atom. The number of carbonyl (C=O) groups excluding carboxylic acids is 1. The molecule has 2 aromatic carbocycles. The fourth-order valence-corrected chi connectivity index (χ4v) is 4.09. The van der Waals surface area contributed by atoms with E-state index >= 15 is 0 Å². The van der Waals surface area contributed by atoms with Crippen molar-refractivity contribution >= 4 is 29.2 Å². The van der Waals surface area contributed by atoms with Crippen LogP contribution in [0.4, 0.5) is 11.5 Å². The van der Waals surface area contributed by atoms with Crippen molar-refractivity contribution in [2.24, 2.45) is 5.92 Å². The van der Waals surface area contributed by atoms with Crippen molar-refractivity contribution in [1.29, 1.82) is 0 Å². The minimum atomic E-state index is -0.0585. The van der Waals surface area contributed by atoms with E-state index in [0.29, 0.717) is 6.54 Å². The molecule has 1 aromatic heterocycles. The van der Waals surface area contributed by atoms with Crippen molar-refractivity contribution < 1.29 is 4.79 Å². The second kappa shape index (κ2) is 9.09. The molecule has 0 bridgehead atoms. The molecule has 1 saturated heterocycles. The lowest BCUT2D eigenvalue weighted by molar-refractivity contribution is -0.120.